The minimum atomic E-state index is -0.126. The molecule has 1 unspecified atom stereocenters. The molecule has 0 heterocycles. The van der Waals surface area contributed by atoms with Crippen molar-refractivity contribution in [3.8, 4) is 0 Å². The molecule has 0 fully saturated rings. The third-order valence-corrected chi connectivity index (χ3v) is 3.12. The molecule has 0 spiro atoms. The molecule has 1 N–H and O–H groups in total. The third-order valence-electron chi connectivity index (χ3n) is 3.12. The van der Waals surface area contributed by atoms with Gasteiger partial charge in [0.2, 0.25) is 0 Å². The van der Waals surface area contributed by atoms with Crippen LogP contribution in [-0.4, -0.2) is 13.6 Å². The van der Waals surface area contributed by atoms with E-state index in [1.165, 1.54) is 31.7 Å². The quantitative estimate of drug-likeness (QED) is 0.678. The van der Waals surface area contributed by atoms with E-state index in [2.05, 4.69) is 12.2 Å². The fourth-order valence-electron chi connectivity index (χ4n) is 2.25. The van der Waals surface area contributed by atoms with E-state index in [1.807, 2.05) is 13.1 Å². The molecule has 96 valence electrons. The normalized spacial score (nSPS) is 12.6. The number of hydrogen-bond acceptors (Lipinski definition) is 1. The number of unbranched alkanes of at least 4 members (excludes halogenated alkanes) is 2. The maximum absolute atomic E-state index is 13.1. The zero-order valence-electron chi connectivity index (χ0n) is 11.0. The van der Waals surface area contributed by atoms with Crippen molar-refractivity contribution >= 4 is 0 Å². The van der Waals surface area contributed by atoms with Crippen LogP contribution in [0.15, 0.2) is 24.3 Å². The fourth-order valence-corrected chi connectivity index (χ4v) is 2.25. The van der Waals surface area contributed by atoms with Crippen LogP contribution < -0.4 is 5.32 Å². The summed E-state index contributed by atoms with van der Waals surface area (Å²) in [4.78, 5) is 0. The Balaban J connectivity index is 2.47. The van der Waals surface area contributed by atoms with E-state index in [-0.39, 0.29) is 5.82 Å². The maximum atomic E-state index is 13.1. The number of nitrogens with one attached hydrogen (secondary N) is 1. The Morgan fingerprint density at radius 3 is 2.76 bits per heavy atom. The lowest BCUT2D eigenvalue weighted by Gasteiger charge is -2.16. The number of rotatable bonds is 8. The van der Waals surface area contributed by atoms with Crippen molar-refractivity contribution in [1.82, 2.24) is 5.32 Å². The first-order chi connectivity index (χ1) is 8.26. The smallest absolute Gasteiger partial charge is 0.123 e. The molecule has 0 bridgehead atoms. The van der Waals surface area contributed by atoms with Crippen molar-refractivity contribution in [2.24, 2.45) is 5.92 Å². The Morgan fingerprint density at radius 2 is 2.12 bits per heavy atom. The van der Waals surface area contributed by atoms with Gasteiger partial charge in [0, 0.05) is 0 Å². The van der Waals surface area contributed by atoms with Gasteiger partial charge in [0.1, 0.15) is 5.82 Å². The molecular weight excluding hydrogens is 213 g/mol. The van der Waals surface area contributed by atoms with Crippen LogP contribution in [-0.2, 0) is 6.42 Å². The van der Waals surface area contributed by atoms with Crippen molar-refractivity contribution in [3.05, 3.63) is 35.6 Å². The van der Waals surface area contributed by atoms with Gasteiger partial charge in [-0.15, -0.1) is 0 Å². The van der Waals surface area contributed by atoms with E-state index in [9.17, 15) is 4.39 Å². The van der Waals surface area contributed by atoms with Gasteiger partial charge in [0.15, 0.2) is 0 Å². The van der Waals surface area contributed by atoms with E-state index >= 15 is 0 Å². The van der Waals surface area contributed by atoms with Crippen LogP contribution in [0.25, 0.3) is 0 Å². The highest BCUT2D eigenvalue weighted by Gasteiger charge is 2.09. The van der Waals surface area contributed by atoms with Crippen LogP contribution in [0.3, 0.4) is 0 Å². The molecule has 0 aromatic heterocycles. The monoisotopic (exact) mass is 237 g/mol. The van der Waals surface area contributed by atoms with Gasteiger partial charge in [-0.1, -0.05) is 38.3 Å². The summed E-state index contributed by atoms with van der Waals surface area (Å²) >= 11 is 0. The summed E-state index contributed by atoms with van der Waals surface area (Å²) in [6, 6.07) is 6.98. The highest BCUT2D eigenvalue weighted by atomic mass is 19.1. The Morgan fingerprint density at radius 1 is 1.29 bits per heavy atom. The first-order valence-corrected chi connectivity index (χ1v) is 6.65. The van der Waals surface area contributed by atoms with Crippen molar-refractivity contribution in [1.29, 1.82) is 0 Å². The molecule has 1 rings (SSSR count). The maximum Gasteiger partial charge on any atom is 0.123 e. The number of hydrogen-bond donors (Lipinski definition) is 1. The molecule has 1 aromatic carbocycles. The highest BCUT2D eigenvalue weighted by molar-refractivity contribution is 5.16. The first-order valence-electron chi connectivity index (χ1n) is 6.65. The van der Waals surface area contributed by atoms with E-state index in [4.69, 9.17) is 0 Å². The highest BCUT2D eigenvalue weighted by Crippen LogP contribution is 2.16. The van der Waals surface area contributed by atoms with Gasteiger partial charge in [-0.2, -0.15) is 0 Å². The summed E-state index contributed by atoms with van der Waals surface area (Å²) < 4.78 is 13.1. The van der Waals surface area contributed by atoms with Gasteiger partial charge in [0.05, 0.1) is 0 Å². The first kappa shape index (κ1) is 14.2. The Hall–Kier alpha value is -0.890. The summed E-state index contributed by atoms with van der Waals surface area (Å²) in [5, 5.41) is 3.24. The second-order valence-electron chi connectivity index (χ2n) is 4.75. The van der Waals surface area contributed by atoms with Crippen LogP contribution in [0.5, 0.6) is 0 Å². The molecule has 1 nitrogen and oxygen atoms in total. The summed E-state index contributed by atoms with van der Waals surface area (Å²) in [5.74, 6) is 0.493. The van der Waals surface area contributed by atoms with Gasteiger partial charge in [0.25, 0.3) is 0 Å². The van der Waals surface area contributed by atoms with E-state index in [1.54, 1.807) is 12.1 Å². The molecule has 0 saturated carbocycles. The van der Waals surface area contributed by atoms with Crippen LogP contribution >= 0.6 is 0 Å². The predicted molar refractivity (Wildman–Crippen MR) is 71.7 cm³/mol. The standard InChI is InChI=1S/C15H24FN/c1-3-4-5-7-14(12-17-2)10-13-8-6-9-15(16)11-13/h6,8-9,11,14,17H,3-5,7,10,12H2,1-2H3. The van der Waals surface area contributed by atoms with Gasteiger partial charge in [-0.3, -0.25) is 0 Å². The minimum absolute atomic E-state index is 0.126. The van der Waals surface area contributed by atoms with E-state index in [0.29, 0.717) is 5.92 Å². The molecule has 1 atom stereocenters. The van der Waals surface area contributed by atoms with E-state index in [0.717, 1.165) is 18.5 Å². The molecule has 0 aliphatic rings. The molecule has 0 aliphatic heterocycles. The number of halogens is 1. The molecular formula is C15H24FN. The lowest BCUT2D eigenvalue weighted by Crippen LogP contribution is -2.20. The molecule has 17 heavy (non-hydrogen) atoms. The summed E-state index contributed by atoms with van der Waals surface area (Å²) in [6.45, 7) is 3.24. The van der Waals surface area contributed by atoms with E-state index < -0.39 is 0 Å². The molecule has 0 radical (unpaired) electrons. The summed E-state index contributed by atoms with van der Waals surface area (Å²) in [5.41, 5.74) is 1.11. The van der Waals surface area contributed by atoms with Gasteiger partial charge >= 0.3 is 0 Å². The van der Waals surface area contributed by atoms with Crippen LogP contribution in [0.4, 0.5) is 4.39 Å². The summed E-state index contributed by atoms with van der Waals surface area (Å²) in [6.07, 6.45) is 6.03. The van der Waals surface area contributed by atoms with Crippen molar-refractivity contribution in [3.63, 3.8) is 0 Å². The predicted octanol–water partition coefficient (Wildman–Crippen LogP) is 3.78. The van der Waals surface area contributed by atoms with Crippen molar-refractivity contribution in [2.75, 3.05) is 13.6 Å². The van der Waals surface area contributed by atoms with Crippen LogP contribution in [0, 0.1) is 11.7 Å². The molecule has 0 amide bonds. The van der Waals surface area contributed by atoms with Crippen LogP contribution in [0.1, 0.15) is 38.2 Å². The molecule has 2 heteroatoms. The molecule has 0 aliphatic carbocycles. The number of benzene rings is 1. The average Bonchev–Trinajstić information content (AvgIpc) is 2.29. The Kier molecular flexibility index (Phi) is 6.87. The summed E-state index contributed by atoms with van der Waals surface area (Å²) in [7, 11) is 1.98. The van der Waals surface area contributed by atoms with Gasteiger partial charge in [-0.05, 0) is 50.0 Å². The fraction of sp³-hybridized carbons (Fsp3) is 0.600. The minimum Gasteiger partial charge on any atom is -0.319 e. The molecule has 1 aromatic rings. The third kappa shape index (κ3) is 5.83. The average molecular weight is 237 g/mol. The Labute approximate surface area is 104 Å². The Bertz CT molecular complexity index is 312. The lowest BCUT2D eigenvalue weighted by atomic mass is 9.93. The van der Waals surface area contributed by atoms with Crippen LogP contribution in [0.2, 0.25) is 0 Å². The van der Waals surface area contributed by atoms with Crippen molar-refractivity contribution < 1.29 is 4.39 Å². The molecule has 0 saturated heterocycles. The van der Waals surface area contributed by atoms with Gasteiger partial charge in [-0.25, -0.2) is 4.39 Å². The van der Waals surface area contributed by atoms with Gasteiger partial charge < -0.3 is 5.32 Å². The zero-order chi connectivity index (χ0) is 12.5. The topological polar surface area (TPSA) is 12.0 Å². The van der Waals surface area contributed by atoms with Crippen molar-refractivity contribution in [2.45, 2.75) is 39.0 Å². The second kappa shape index (κ2) is 8.24. The second-order valence-corrected chi connectivity index (χ2v) is 4.75. The largest absolute Gasteiger partial charge is 0.319 e. The zero-order valence-corrected chi connectivity index (χ0v) is 11.0. The lowest BCUT2D eigenvalue weighted by molar-refractivity contribution is 0.437. The SMILES string of the molecule is CCCCCC(CNC)Cc1cccc(F)c1.